The van der Waals surface area contributed by atoms with Crippen LogP contribution in [0.1, 0.15) is 20.8 Å². The molecule has 0 aromatic rings. The van der Waals surface area contributed by atoms with Gasteiger partial charge in [-0.3, -0.25) is 15.1 Å². The van der Waals surface area contributed by atoms with Crippen LogP contribution in [-0.4, -0.2) is 42.6 Å². The predicted octanol–water partition coefficient (Wildman–Crippen LogP) is -0.278. The largest absolute Gasteiger partial charge is 0.373 e. The van der Waals surface area contributed by atoms with E-state index in [4.69, 9.17) is 10.6 Å². The number of rotatable bonds is 3. The zero-order valence-electron chi connectivity index (χ0n) is 9.69. The minimum absolute atomic E-state index is 0.0764. The Labute approximate surface area is 90.9 Å². The Bertz CT molecular complexity index is 213. The van der Waals surface area contributed by atoms with Crippen molar-refractivity contribution in [3.05, 3.63) is 0 Å². The number of carbonyl (C=O) groups excluding carboxylic acids is 1. The van der Waals surface area contributed by atoms with Gasteiger partial charge < -0.3 is 4.74 Å². The summed E-state index contributed by atoms with van der Waals surface area (Å²) in [6.07, 6.45) is 0.476. The van der Waals surface area contributed by atoms with Crippen LogP contribution >= 0.6 is 0 Å². The Morgan fingerprint density at radius 3 is 2.53 bits per heavy atom. The molecule has 1 fully saturated rings. The Morgan fingerprint density at radius 1 is 1.53 bits per heavy atom. The molecule has 1 saturated heterocycles. The first-order valence-corrected chi connectivity index (χ1v) is 5.41. The first-order valence-electron chi connectivity index (χ1n) is 5.41. The first kappa shape index (κ1) is 12.4. The Morgan fingerprint density at radius 2 is 2.07 bits per heavy atom. The first-order chi connectivity index (χ1) is 7.02. The van der Waals surface area contributed by atoms with Crippen LogP contribution in [-0.2, 0) is 9.53 Å². The van der Waals surface area contributed by atoms with Crippen molar-refractivity contribution in [1.82, 2.24) is 10.3 Å². The third-order valence-corrected chi connectivity index (χ3v) is 2.62. The number of amides is 1. The minimum Gasteiger partial charge on any atom is -0.373 e. The molecule has 88 valence electrons. The maximum absolute atomic E-state index is 11.3. The number of nitrogens with one attached hydrogen (secondary N) is 1. The molecule has 0 aromatic carbocycles. The van der Waals surface area contributed by atoms with Gasteiger partial charge in [-0.05, 0) is 13.8 Å². The molecule has 1 aliphatic rings. The molecule has 5 nitrogen and oxygen atoms in total. The monoisotopic (exact) mass is 215 g/mol. The highest BCUT2D eigenvalue weighted by atomic mass is 16.5. The molecule has 5 heteroatoms. The fraction of sp³-hybridized carbons (Fsp3) is 0.900. The third kappa shape index (κ3) is 3.77. The predicted molar refractivity (Wildman–Crippen MR) is 57.9 cm³/mol. The van der Waals surface area contributed by atoms with Crippen LogP contribution in [0.3, 0.4) is 0 Å². The zero-order chi connectivity index (χ0) is 11.4. The molecule has 1 aliphatic heterocycles. The molecule has 0 radical (unpaired) electrons. The standard InChI is InChI=1S/C10H21N3O2/c1-7(10(14)12-11)4-13-5-8(2)15-9(3)6-13/h7-9H,4-6,11H2,1-3H3,(H,12,14)/t7-,8-,9-/m0/s1. The number of hydrogen-bond acceptors (Lipinski definition) is 4. The minimum atomic E-state index is -0.109. The van der Waals surface area contributed by atoms with Gasteiger partial charge >= 0.3 is 0 Å². The van der Waals surface area contributed by atoms with Crippen molar-refractivity contribution < 1.29 is 9.53 Å². The number of hydrogen-bond donors (Lipinski definition) is 2. The summed E-state index contributed by atoms with van der Waals surface area (Å²) in [6.45, 7) is 8.49. The summed E-state index contributed by atoms with van der Waals surface area (Å²) < 4.78 is 5.62. The highest BCUT2D eigenvalue weighted by Gasteiger charge is 2.24. The van der Waals surface area contributed by atoms with Gasteiger partial charge in [-0.15, -0.1) is 0 Å². The van der Waals surface area contributed by atoms with Crippen molar-refractivity contribution in [2.45, 2.75) is 33.0 Å². The van der Waals surface area contributed by atoms with Gasteiger partial charge in [-0.25, -0.2) is 5.84 Å². The van der Waals surface area contributed by atoms with E-state index in [-0.39, 0.29) is 24.0 Å². The lowest BCUT2D eigenvalue weighted by atomic mass is 10.1. The fourth-order valence-corrected chi connectivity index (χ4v) is 2.05. The SMILES string of the molecule is C[C@H]1CN(C[C@H](C)C(=O)NN)C[C@H](C)O1. The molecule has 1 rings (SSSR count). The lowest BCUT2D eigenvalue weighted by Gasteiger charge is -2.36. The molecular weight excluding hydrogens is 194 g/mol. The summed E-state index contributed by atoms with van der Waals surface area (Å²) in [7, 11) is 0. The van der Waals surface area contributed by atoms with E-state index in [0.29, 0.717) is 0 Å². The molecule has 0 aliphatic carbocycles. The van der Waals surface area contributed by atoms with Crippen LogP contribution in [0.5, 0.6) is 0 Å². The van der Waals surface area contributed by atoms with Crippen LogP contribution in [0.2, 0.25) is 0 Å². The van der Waals surface area contributed by atoms with Crippen molar-refractivity contribution >= 4 is 5.91 Å². The maximum Gasteiger partial charge on any atom is 0.237 e. The molecule has 0 aromatic heterocycles. The van der Waals surface area contributed by atoms with Crippen LogP contribution in [0.4, 0.5) is 0 Å². The average Bonchev–Trinajstić information content (AvgIpc) is 2.14. The van der Waals surface area contributed by atoms with Gasteiger partial charge in [0.2, 0.25) is 5.91 Å². The highest BCUT2D eigenvalue weighted by Crippen LogP contribution is 2.12. The molecule has 15 heavy (non-hydrogen) atoms. The van der Waals surface area contributed by atoms with Gasteiger partial charge in [0.1, 0.15) is 0 Å². The maximum atomic E-state index is 11.3. The Balaban J connectivity index is 2.40. The number of hydrazine groups is 1. The van der Waals surface area contributed by atoms with E-state index in [1.54, 1.807) is 0 Å². The second kappa shape index (κ2) is 5.44. The molecule has 1 amide bonds. The van der Waals surface area contributed by atoms with E-state index in [2.05, 4.69) is 24.2 Å². The second-order valence-corrected chi connectivity index (χ2v) is 4.39. The van der Waals surface area contributed by atoms with Crippen LogP contribution < -0.4 is 11.3 Å². The molecule has 0 saturated carbocycles. The fourth-order valence-electron chi connectivity index (χ4n) is 2.05. The van der Waals surface area contributed by atoms with Gasteiger partial charge in [-0.2, -0.15) is 0 Å². The van der Waals surface area contributed by atoms with Gasteiger partial charge in [0, 0.05) is 25.6 Å². The summed E-state index contributed by atoms with van der Waals surface area (Å²) in [5.74, 6) is 4.90. The second-order valence-electron chi connectivity index (χ2n) is 4.39. The summed E-state index contributed by atoms with van der Waals surface area (Å²) >= 11 is 0. The van der Waals surface area contributed by atoms with Gasteiger partial charge in [0.05, 0.1) is 12.2 Å². The molecule has 3 atom stereocenters. The van der Waals surface area contributed by atoms with Crippen LogP contribution in [0.15, 0.2) is 0 Å². The van der Waals surface area contributed by atoms with Gasteiger partial charge in [-0.1, -0.05) is 6.92 Å². The van der Waals surface area contributed by atoms with E-state index >= 15 is 0 Å². The summed E-state index contributed by atoms with van der Waals surface area (Å²) in [6, 6.07) is 0. The molecule has 3 N–H and O–H groups in total. The van der Waals surface area contributed by atoms with Crippen molar-refractivity contribution in [1.29, 1.82) is 0 Å². The molecular formula is C10H21N3O2. The average molecular weight is 215 g/mol. The number of carbonyl (C=O) groups is 1. The van der Waals surface area contributed by atoms with Gasteiger partial charge in [0.25, 0.3) is 0 Å². The van der Waals surface area contributed by atoms with E-state index in [1.807, 2.05) is 6.92 Å². The van der Waals surface area contributed by atoms with Crippen molar-refractivity contribution in [3.8, 4) is 0 Å². The number of ether oxygens (including phenoxy) is 1. The summed E-state index contributed by atoms with van der Waals surface area (Å²) in [5, 5.41) is 0. The molecule has 0 spiro atoms. The Kier molecular flexibility index (Phi) is 4.50. The van der Waals surface area contributed by atoms with E-state index in [1.165, 1.54) is 0 Å². The van der Waals surface area contributed by atoms with E-state index in [9.17, 15) is 4.79 Å². The van der Waals surface area contributed by atoms with Crippen LogP contribution in [0, 0.1) is 5.92 Å². The van der Waals surface area contributed by atoms with Crippen molar-refractivity contribution in [3.63, 3.8) is 0 Å². The number of nitrogens with zero attached hydrogens (tertiary/aromatic N) is 1. The molecule has 0 unspecified atom stereocenters. The van der Waals surface area contributed by atoms with Crippen molar-refractivity contribution in [2.24, 2.45) is 11.8 Å². The highest BCUT2D eigenvalue weighted by molar-refractivity contribution is 5.77. The Hall–Kier alpha value is -0.650. The molecule has 0 bridgehead atoms. The van der Waals surface area contributed by atoms with Crippen molar-refractivity contribution in [2.75, 3.05) is 19.6 Å². The number of morpholine rings is 1. The van der Waals surface area contributed by atoms with E-state index < -0.39 is 0 Å². The normalized spacial score (nSPS) is 29.9. The summed E-state index contributed by atoms with van der Waals surface area (Å²) in [5.41, 5.74) is 2.18. The van der Waals surface area contributed by atoms with Gasteiger partial charge in [0.15, 0.2) is 0 Å². The van der Waals surface area contributed by atoms with Crippen LogP contribution in [0.25, 0.3) is 0 Å². The van der Waals surface area contributed by atoms with E-state index in [0.717, 1.165) is 19.6 Å². The topological polar surface area (TPSA) is 67.6 Å². The quantitative estimate of drug-likeness (QED) is 0.386. The number of nitrogens with two attached hydrogens (primary N) is 1. The molecule has 1 heterocycles. The summed E-state index contributed by atoms with van der Waals surface area (Å²) in [4.78, 5) is 13.5. The lowest BCUT2D eigenvalue weighted by molar-refractivity contribution is -0.126. The smallest absolute Gasteiger partial charge is 0.237 e. The third-order valence-electron chi connectivity index (χ3n) is 2.62. The zero-order valence-corrected chi connectivity index (χ0v) is 9.69. The lowest BCUT2D eigenvalue weighted by Crippen LogP contribution is -2.49.